The maximum atomic E-state index is 11.1. The first-order valence-electron chi connectivity index (χ1n) is 9.93. The molecular weight excluding hydrogens is 392 g/mol. The molecule has 2 aromatic carbocycles. The Kier molecular flexibility index (Phi) is 4.04. The summed E-state index contributed by atoms with van der Waals surface area (Å²) in [5.74, 6) is 2.61. The van der Waals surface area contributed by atoms with Crippen molar-refractivity contribution in [2.45, 2.75) is 25.6 Å². The summed E-state index contributed by atoms with van der Waals surface area (Å²) < 4.78 is 39.3. The molecule has 0 saturated carbocycles. The predicted octanol–water partition coefficient (Wildman–Crippen LogP) is 3.11. The number of hydrogen-bond donors (Lipinski definition) is 0. The third-order valence-electron chi connectivity index (χ3n) is 5.99. The minimum atomic E-state index is -1.05. The lowest BCUT2D eigenvalue weighted by atomic mass is 9.85. The van der Waals surface area contributed by atoms with Gasteiger partial charge in [0, 0.05) is 18.8 Å². The van der Waals surface area contributed by atoms with Gasteiger partial charge < -0.3 is 33.2 Å². The quantitative estimate of drug-likeness (QED) is 0.712. The van der Waals surface area contributed by atoms with Crippen LogP contribution in [0.15, 0.2) is 36.4 Å². The molecule has 1 unspecified atom stereocenters. The first kappa shape index (κ1) is 17.9. The van der Waals surface area contributed by atoms with Crippen LogP contribution in [0, 0.1) is 11.8 Å². The van der Waals surface area contributed by atoms with Crippen LogP contribution >= 0.6 is 0 Å². The van der Waals surface area contributed by atoms with Crippen molar-refractivity contribution in [1.29, 1.82) is 0 Å². The number of hydrogen-bond acceptors (Lipinski definition) is 8. The van der Waals surface area contributed by atoms with E-state index in [2.05, 4.69) is 0 Å². The summed E-state index contributed by atoms with van der Waals surface area (Å²) in [5, 5.41) is 0. The van der Waals surface area contributed by atoms with Crippen molar-refractivity contribution < 1.29 is 38.0 Å². The molecule has 0 radical (unpaired) electrons. The van der Waals surface area contributed by atoms with Gasteiger partial charge in [0.05, 0.1) is 25.4 Å². The molecule has 0 amide bonds. The Morgan fingerprint density at radius 2 is 1.43 bits per heavy atom. The van der Waals surface area contributed by atoms with E-state index in [4.69, 9.17) is 33.2 Å². The average molecular weight is 412 g/mol. The van der Waals surface area contributed by atoms with Crippen LogP contribution in [0.25, 0.3) is 0 Å². The largest absolute Gasteiger partial charge is 0.454 e. The van der Waals surface area contributed by atoms with Crippen LogP contribution in [0.4, 0.5) is 0 Å². The third-order valence-corrected chi connectivity index (χ3v) is 5.99. The molecule has 4 aliphatic rings. The van der Waals surface area contributed by atoms with Crippen molar-refractivity contribution >= 4 is 5.97 Å². The van der Waals surface area contributed by atoms with Gasteiger partial charge in [0.2, 0.25) is 6.79 Å². The van der Waals surface area contributed by atoms with Crippen molar-refractivity contribution in [2.24, 2.45) is 11.8 Å². The van der Waals surface area contributed by atoms with E-state index >= 15 is 0 Å². The summed E-state index contributed by atoms with van der Waals surface area (Å²) in [7, 11) is 0. The number of ether oxygens (including phenoxy) is 7. The number of carbonyl (C=O) groups is 1. The molecule has 0 bridgehead atoms. The fraction of sp³-hybridized carbons (Fsp3) is 0.409. The molecule has 0 spiro atoms. The maximum absolute atomic E-state index is 11.1. The summed E-state index contributed by atoms with van der Waals surface area (Å²) in [6, 6.07) is 11.6. The van der Waals surface area contributed by atoms with E-state index in [1.165, 1.54) is 6.92 Å². The molecule has 8 nitrogen and oxygen atoms in total. The molecule has 8 heteroatoms. The normalized spacial score (nSPS) is 30.4. The van der Waals surface area contributed by atoms with Gasteiger partial charge >= 0.3 is 12.4 Å². The summed E-state index contributed by atoms with van der Waals surface area (Å²) in [4.78, 5) is 11.1. The topological polar surface area (TPSA) is 81.7 Å². The van der Waals surface area contributed by atoms with Crippen molar-refractivity contribution in [3.63, 3.8) is 0 Å². The maximum Gasteiger partial charge on any atom is 0.408 e. The zero-order chi connectivity index (χ0) is 20.2. The van der Waals surface area contributed by atoms with E-state index < -0.39 is 12.4 Å². The second kappa shape index (κ2) is 6.78. The lowest BCUT2D eigenvalue weighted by Crippen LogP contribution is -2.24. The SMILES string of the molecule is CC(=O)OC1Oc2ccc([C@H]3OC[C@H]4[C@@H]3CO[C@@H]4c3ccc4c(c3)OCO4)cc2O1. The van der Waals surface area contributed by atoms with Gasteiger partial charge in [0.1, 0.15) is 0 Å². The summed E-state index contributed by atoms with van der Waals surface area (Å²) in [6.45, 7) is 1.74. The molecule has 2 fully saturated rings. The van der Waals surface area contributed by atoms with Gasteiger partial charge in [-0.2, -0.15) is 0 Å². The van der Waals surface area contributed by atoms with Crippen LogP contribution in [0.1, 0.15) is 30.3 Å². The van der Waals surface area contributed by atoms with Crippen LogP contribution in [0.2, 0.25) is 0 Å². The molecule has 0 aliphatic carbocycles. The highest BCUT2D eigenvalue weighted by molar-refractivity contribution is 5.66. The van der Waals surface area contributed by atoms with Crippen LogP contribution in [0.5, 0.6) is 23.0 Å². The zero-order valence-electron chi connectivity index (χ0n) is 16.2. The van der Waals surface area contributed by atoms with E-state index in [1.807, 2.05) is 36.4 Å². The number of rotatable bonds is 3. The number of carbonyl (C=O) groups excluding carboxylic acids is 1. The highest BCUT2D eigenvalue weighted by atomic mass is 16.9. The number of fused-ring (bicyclic) bond motifs is 3. The second-order valence-corrected chi connectivity index (χ2v) is 7.79. The average Bonchev–Trinajstić information content (AvgIpc) is 3.48. The van der Waals surface area contributed by atoms with Gasteiger partial charge in [-0.05, 0) is 35.4 Å². The number of benzene rings is 2. The molecule has 2 aromatic rings. The molecule has 0 N–H and O–H groups in total. The number of esters is 1. The van der Waals surface area contributed by atoms with Crippen molar-refractivity contribution in [3.8, 4) is 23.0 Å². The van der Waals surface area contributed by atoms with Gasteiger partial charge in [0.15, 0.2) is 23.0 Å². The first-order valence-corrected chi connectivity index (χ1v) is 9.93. The van der Waals surface area contributed by atoms with E-state index in [9.17, 15) is 4.79 Å². The van der Waals surface area contributed by atoms with E-state index in [0.29, 0.717) is 24.7 Å². The molecule has 4 aliphatic heterocycles. The van der Waals surface area contributed by atoms with Crippen LogP contribution in [-0.2, 0) is 19.0 Å². The molecule has 4 heterocycles. The van der Waals surface area contributed by atoms with Gasteiger partial charge in [-0.15, -0.1) is 0 Å². The highest BCUT2D eigenvalue weighted by Gasteiger charge is 2.48. The zero-order valence-corrected chi connectivity index (χ0v) is 16.2. The molecule has 30 heavy (non-hydrogen) atoms. The molecule has 6 rings (SSSR count). The molecule has 2 saturated heterocycles. The van der Waals surface area contributed by atoms with Gasteiger partial charge in [-0.3, -0.25) is 4.79 Å². The Balaban J connectivity index is 1.20. The van der Waals surface area contributed by atoms with E-state index in [-0.39, 0.29) is 30.8 Å². The molecule has 0 aromatic heterocycles. The third kappa shape index (κ3) is 2.86. The lowest BCUT2D eigenvalue weighted by Gasteiger charge is -2.17. The lowest BCUT2D eigenvalue weighted by molar-refractivity contribution is -0.192. The van der Waals surface area contributed by atoms with Crippen LogP contribution in [0.3, 0.4) is 0 Å². The van der Waals surface area contributed by atoms with Crippen LogP contribution in [-0.4, -0.2) is 32.5 Å². The Bertz CT molecular complexity index is 1000. The predicted molar refractivity (Wildman–Crippen MR) is 100 cm³/mol. The second-order valence-electron chi connectivity index (χ2n) is 7.79. The first-order chi connectivity index (χ1) is 14.7. The van der Waals surface area contributed by atoms with E-state index in [1.54, 1.807) is 0 Å². The Hall–Kier alpha value is -2.97. The van der Waals surface area contributed by atoms with Gasteiger partial charge in [-0.25, -0.2) is 0 Å². The van der Waals surface area contributed by atoms with Gasteiger partial charge in [0.25, 0.3) is 0 Å². The van der Waals surface area contributed by atoms with Crippen molar-refractivity contribution in [3.05, 3.63) is 47.5 Å². The standard InChI is InChI=1S/C22H20O8/c1-11(23)28-22-29-17-5-3-13(7-19(17)30-22)21-15-9-24-20(14(15)8-25-21)12-2-4-16-18(6-12)27-10-26-16/h2-7,14-15,20-22H,8-10H2,1H3/t14-,15-,20+,21+,22?/m0/s1. The summed E-state index contributed by atoms with van der Waals surface area (Å²) in [6.07, 6.45) is -0.146. The fourth-order valence-electron chi connectivity index (χ4n) is 4.63. The molecule has 5 atom stereocenters. The Morgan fingerprint density at radius 3 is 2.13 bits per heavy atom. The summed E-state index contributed by atoms with van der Waals surface area (Å²) >= 11 is 0. The fourth-order valence-corrected chi connectivity index (χ4v) is 4.63. The van der Waals surface area contributed by atoms with E-state index in [0.717, 1.165) is 22.6 Å². The van der Waals surface area contributed by atoms with Crippen LogP contribution < -0.4 is 18.9 Å². The minimum Gasteiger partial charge on any atom is -0.454 e. The van der Waals surface area contributed by atoms with Gasteiger partial charge in [-0.1, -0.05) is 12.1 Å². The highest BCUT2D eigenvalue weighted by Crippen LogP contribution is 2.52. The minimum absolute atomic E-state index is 0.0446. The molecular formula is C22H20O8. The molecule has 156 valence electrons. The van der Waals surface area contributed by atoms with Crippen molar-refractivity contribution in [2.75, 3.05) is 20.0 Å². The monoisotopic (exact) mass is 412 g/mol. The summed E-state index contributed by atoms with van der Waals surface area (Å²) in [5.41, 5.74) is 2.06. The Labute approximate surface area is 172 Å². The Morgan fingerprint density at radius 1 is 0.833 bits per heavy atom. The smallest absolute Gasteiger partial charge is 0.408 e. The van der Waals surface area contributed by atoms with Crippen molar-refractivity contribution in [1.82, 2.24) is 0 Å².